The molecule has 0 saturated carbocycles. The van der Waals surface area contributed by atoms with Crippen molar-refractivity contribution in [1.29, 1.82) is 0 Å². The number of hydrogen-bond donors (Lipinski definition) is 2. The van der Waals surface area contributed by atoms with Crippen molar-refractivity contribution in [2.75, 3.05) is 0 Å². The summed E-state index contributed by atoms with van der Waals surface area (Å²) in [5.74, 6) is 5.63. The Morgan fingerprint density at radius 3 is 2.47 bits per heavy atom. The van der Waals surface area contributed by atoms with Crippen molar-refractivity contribution >= 4 is 11.6 Å². The quantitative estimate of drug-likeness (QED) is 0.647. The van der Waals surface area contributed by atoms with E-state index < -0.39 is 0 Å². The largest absolute Gasteiger partial charge is 0.275 e. The third-order valence-electron chi connectivity index (χ3n) is 2.73. The summed E-state index contributed by atoms with van der Waals surface area (Å²) in [6.45, 7) is 1.97. The van der Waals surface area contributed by atoms with Gasteiger partial charge in [0.05, 0.1) is 11.7 Å². The predicted octanol–water partition coefficient (Wildman–Crippen LogP) is 1.93. The molecule has 5 heteroatoms. The summed E-state index contributed by atoms with van der Waals surface area (Å²) >= 11 is 5.87. The number of nitrogens with one attached hydrogen (secondary N) is 1. The second kappa shape index (κ2) is 4.87. The van der Waals surface area contributed by atoms with Crippen molar-refractivity contribution in [3.8, 4) is 0 Å². The summed E-state index contributed by atoms with van der Waals surface area (Å²) in [7, 11) is 1.89. The van der Waals surface area contributed by atoms with E-state index in [1.165, 1.54) is 0 Å². The predicted molar refractivity (Wildman–Crippen MR) is 68.6 cm³/mol. The molecule has 0 aliphatic carbocycles. The van der Waals surface area contributed by atoms with Crippen LogP contribution in [0.2, 0.25) is 5.02 Å². The Morgan fingerprint density at radius 1 is 1.35 bits per heavy atom. The zero-order chi connectivity index (χ0) is 12.4. The van der Waals surface area contributed by atoms with Crippen LogP contribution in [0, 0.1) is 6.92 Å². The van der Waals surface area contributed by atoms with E-state index >= 15 is 0 Å². The molecule has 0 saturated heterocycles. The van der Waals surface area contributed by atoms with Gasteiger partial charge in [-0.25, -0.2) is 5.43 Å². The lowest BCUT2D eigenvalue weighted by Crippen LogP contribution is -2.29. The molecule has 2 aromatic rings. The molecule has 1 heterocycles. The van der Waals surface area contributed by atoms with Gasteiger partial charge in [-0.2, -0.15) is 5.10 Å². The number of halogens is 1. The first-order valence-corrected chi connectivity index (χ1v) is 5.71. The molecule has 1 unspecified atom stereocenters. The number of aromatic nitrogens is 2. The molecule has 90 valence electrons. The minimum atomic E-state index is -0.0685. The van der Waals surface area contributed by atoms with Crippen LogP contribution in [0.1, 0.15) is 22.9 Å². The van der Waals surface area contributed by atoms with Crippen molar-refractivity contribution in [3.05, 3.63) is 52.3 Å². The highest BCUT2D eigenvalue weighted by Crippen LogP contribution is 2.24. The minimum absolute atomic E-state index is 0.0685. The zero-order valence-corrected chi connectivity index (χ0v) is 10.6. The maximum atomic E-state index is 5.87. The molecule has 1 aromatic carbocycles. The second-order valence-electron chi connectivity index (χ2n) is 3.99. The van der Waals surface area contributed by atoms with Crippen LogP contribution < -0.4 is 11.3 Å². The van der Waals surface area contributed by atoms with E-state index in [-0.39, 0.29) is 6.04 Å². The highest BCUT2D eigenvalue weighted by molar-refractivity contribution is 6.30. The van der Waals surface area contributed by atoms with Gasteiger partial charge in [-0.3, -0.25) is 10.5 Å². The standard InChI is InChI=1S/C12H15ClN4/c1-8-11(7-17(2)16-8)12(15-14)9-3-5-10(13)6-4-9/h3-7,12,15H,14H2,1-2H3. The number of aryl methyl sites for hydroxylation is 2. The Labute approximate surface area is 105 Å². The third-order valence-corrected chi connectivity index (χ3v) is 2.98. The van der Waals surface area contributed by atoms with E-state index in [4.69, 9.17) is 17.4 Å². The van der Waals surface area contributed by atoms with Crippen LogP contribution >= 0.6 is 11.6 Å². The van der Waals surface area contributed by atoms with Crippen molar-refractivity contribution < 1.29 is 0 Å². The molecule has 2 rings (SSSR count). The molecular formula is C12H15ClN4. The number of benzene rings is 1. The number of nitrogens with zero attached hydrogens (tertiary/aromatic N) is 2. The fraction of sp³-hybridized carbons (Fsp3) is 0.250. The van der Waals surface area contributed by atoms with Crippen molar-refractivity contribution in [3.63, 3.8) is 0 Å². The van der Waals surface area contributed by atoms with E-state index in [1.54, 1.807) is 4.68 Å². The van der Waals surface area contributed by atoms with Crippen LogP contribution in [0.4, 0.5) is 0 Å². The highest BCUT2D eigenvalue weighted by atomic mass is 35.5. The monoisotopic (exact) mass is 250 g/mol. The molecule has 0 spiro atoms. The molecule has 0 bridgehead atoms. The van der Waals surface area contributed by atoms with E-state index in [9.17, 15) is 0 Å². The number of hydrazine groups is 1. The van der Waals surface area contributed by atoms with Gasteiger partial charge < -0.3 is 0 Å². The lowest BCUT2D eigenvalue weighted by molar-refractivity contribution is 0.633. The summed E-state index contributed by atoms with van der Waals surface area (Å²) in [6, 6.07) is 7.55. The van der Waals surface area contributed by atoms with Crippen molar-refractivity contribution in [2.24, 2.45) is 12.9 Å². The fourth-order valence-electron chi connectivity index (χ4n) is 1.92. The zero-order valence-electron chi connectivity index (χ0n) is 9.81. The summed E-state index contributed by atoms with van der Waals surface area (Å²) in [4.78, 5) is 0. The van der Waals surface area contributed by atoms with Gasteiger partial charge in [0.2, 0.25) is 0 Å². The van der Waals surface area contributed by atoms with Crippen LogP contribution in [0.5, 0.6) is 0 Å². The SMILES string of the molecule is Cc1nn(C)cc1C(NN)c1ccc(Cl)cc1. The van der Waals surface area contributed by atoms with Gasteiger partial charge in [-0.05, 0) is 24.6 Å². The van der Waals surface area contributed by atoms with Gasteiger partial charge in [0.1, 0.15) is 0 Å². The normalized spacial score (nSPS) is 12.7. The Kier molecular flexibility index (Phi) is 3.47. The van der Waals surface area contributed by atoms with Crippen molar-refractivity contribution in [1.82, 2.24) is 15.2 Å². The maximum Gasteiger partial charge on any atom is 0.0743 e. The molecule has 1 atom stereocenters. The van der Waals surface area contributed by atoms with Gasteiger partial charge >= 0.3 is 0 Å². The highest BCUT2D eigenvalue weighted by Gasteiger charge is 2.16. The van der Waals surface area contributed by atoms with E-state index in [0.717, 1.165) is 16.8 Å². The smallest absolute Gasteiger partial charge is 0.0743 e. The fourth-order valence-corrected chi connectivity index (χ4v) is 2.05. The van der Waals surface area contributed by atoms with Gasteiger partial charge in [0, 0.05) is 23.8 Å². The molecule has 0 amide bonds. The summed E-state index contributed by atoms with van der Waals surface area (Å²) in [6.07, 6.45) is 1.97. The summed E-state index contributed by atoms with van der Waals surface area (Å²) in [5.41, 5.74) is 5.91. The molecule has 0 radical (unpaired) electrons. The average Bonchev–Trinajstić information content (AvgIpc) is 2.62. The second-order valence-corrected chi connectivity index (χ2v) is 4.43. The maximum absolute atomic E-state index is 5.87. The minimum Gasteiger partial charge on any atom is -0.275 e. The topological polar surface area (TPSA) is 55.9 Å². The van der Waals surface area contributed by atoms with Gasteiger partial charge in [0.25, 0.3) is 0 Å². The van der Waals surface area contributed by atoms with Gasteiger partial charge in [-0.15, -0.1) is 0 Å². The molecule has 1 aromatic heterocycles. The summed E-state index contributed by atoms with van der Waals surface area (Å²) in [5, 5.41) is 5.03. The molecule has 0 aliphatic heterocycles. The van der Waals surface area contributed by atoms with Crippen LogP contribution in [-0.4, -0.2) is 9.78 Å². The number of rotatable bonds is 3. The molecule has 4 nitrogen and oxygen atoms in total. The van der Waals surface area contributed by atoms with E-state index in [1.807, 2.05) is 44.4 Å². The lowest BCUT2D eigenvalue weighted by Gasteiger charge is -2.15. The van der Waals surface area contributed by atoms with Gasteiger partial charge in [0.15, 0.2) is 0 Å². The lowest BCUT2D eigenvalue weighted by atomic mass is 10.0. The van der Waals surface area contributed by atoms with Crippen LogP contribution in [0.3, 0.4) is 0 Å². The molecule has 3 N–H and O–H groups in total. The van der Waals surface area contributed by atoms with Crippen LogP contribution in [0.25, 0.3) is 0 Å². The van der Waals surface area contributed by atoms with E-state index in [2.05, 4.69) is 10.5 Å². The number of nitrogens with two attached hydrogens (primary N) is 1. The first kappa shape index (κ1) is 12.1. The van der Waals surface area contributed by atoms with Crippen molar-refractivity contribution in [2.45, 2.75) is 13.0 Å². The van der Waals surface area contributed by atoms with Gasteiger partial charge in [-0.1, -0.05) is 23.7 Å². The Morgan fingerprint density at radius 2 is 2.00 bits per heavy atom. The van der Waals surface area contributed by atoms with E-state index in [0.29, 0.717) is 5.02 Å². The first-order valence-electron chi connectivity index (χ1n) is 5.33. The van der Waals surface area contributed by atoms with Crippen LogP contribution in [-0.2, 0) is 7.05 Å². The Bertz CT molecular complexity index is 504. The Balaban J connectivity index is 2.39. The first-order chi connectivity index (χ1) is 8.11. The molecule has 0 aliphatic rings. The average molecular weight is 251 g/mol. The summed E-state index contributed by atoms with van der Waals surface area (Å²) < 4.78 is 1.78. The van der Waals surface area contributed by atoms with Crippen LogP contribution in [0.15, 0.2) is 30.5 Å². The third kappa shape index (κ3) is 2.49. The molecular weight excluding hydrogens is 236 g/mol. The Hall–Kier alpha value is -1.36. The molecule has 17 heavy (non-hydrogen) atoms. The molecule has 0 fully saturated rings. The number of hydrogen-bond acceptors (Lipinski definition) is 3.